The van der Waals surface area contributed by atoms with Crippen LogP contribution in [0, 0.1) is 18.6 Å². The Kier molecular flexibility index (Phi) is 5.77. The molecule has 0 saturated heterocycles. The molecule has 0 amide bonds. The highest BCUT2D eigenvalue weighted by Crippen LogP contribution is 2.23. The summed E-state index contributed by atoms with van der Waals surface area (Å²) in [6, 6.07) is 2.92. The molecule has 7 heteroatoms. The summed E-state index contributed by atoms with van der Waals surface area (Å²) in [4.78, 5) is 8.21. The van der Waals surface area contributed by atoms with Gasteiger partial charge in [-0.1, -0.05) is 0 Å². The van der Waals surface area contributed by atoms with Crippen molar-refractivity contribution in [1.82, 2.24) is 14.7 Å². The Labute approximate surface area is 143 Å². The molecule has 1 N–H and O–H groups in total. The first kappa shape index (κ1) is 18.6. The number of hydrogen-bond acceptors (Lipinski definition) is 3. The molecule has 0 spiro atoms. The Balaban J connectivity index is 2.35. The van der Waals surface area contributed by atoms with E-state index in [9.17, 15) is 13.0 Å². The maximum Gasteiger partial charge on any atom is 0.126 e. The molecule has 0 saturated carbocycles. The van der Waals surface area contributed by atoms with Gasteiger partial charge >= 0.3 is 0 Å². The molecule has 1 heterocycles. The first-order valence-corrected chi connectivity index (χ1v) is 8.71. The van der Waals surface area contributed by atoms with Crippen molar-refractivity contribution in [3.05, 3.63) is 59.2 Å². The monoisotopic (exact) mass is 353 g/mol. The average Bonchev–Trinajstić information content (AvgIpc) is 2.45. The molecule has 2 rings (SSSR count). The van der Waals surface area contributed by atoms with Gasteiger partial charge in [-0.25, -0.2) is 27.7 Å². The molecular weight excluding hydrogens is 332 g/mol. The van der Waals surface area contributed by atoms with Crippen molar-refractivity contribution < 1.29 is 13.0 Å². The molecule has 0 bridgehead atoms. The van der Waals surface area contributed by atoms with Gasteiger partial charge in [0, 0.05) is 12.3 Å². The third-order valence-electron chi connectivity index (χ3n) is 3.43. The van der Waals surface area contributed by atoms with E-state index >= 15 is 0 Å². The van der Waals surface area contributed by atoms with Crippen molar-refractivity contribution >= 4 is 11.0 Å². The minimum Gasteiger partial charge on any atom is -0.245 e. The zero-order valence-corrected chi connectivity index (χ0v) is 15.0. The highest BCUT2D eigenvalue weighted by Gasteiger charge is 2.25. The summed E-state index contributed by atoms with van der Waals surface area (Å²) < 4.78 is 42.0. The summed E-state index contributed by atoms with van der Waals surface area (Å²) in [5, 5.41) is 0. The second-order valence-corrected chi connectivity index (χ2v) is 8.62. The van der Waals surface area contributed by atoms with Crippen molar-refractivity contribution in [2.24, 2.45) is 0 Å². The summed E-state index contributed by atoms with van der Waals surface area (Å²) in [7, 11) is -1.36. The maximum absolute atomic E-state index is 13.5. The largest absolute Gasteiger partial charge is 0.245 e. The van der Waals surface area contributed by atoms with Gasteiger partial charge in [0.2, 0.25) is 0 Å². The SMILES string of the molecule is Cc1cncnc1C(Cc1cc(F)cc(F)c1)NS(=O)C(C)(C)C. The fraction of sp³-hybridized carbons (Fsp3) is 0.412. The maximum atomic E-state index is 13.5. The molecule has 0 aliphatic heterocycles. The third-order valence-corrected chi connectivity index (χ3v) is 5.04. The van der Waals surface area contributed by atoms with Gasteiger partial charge in [0.1, 0.15) is 18.0 Å². The molecular formula is C17H21F2N3OS. The first-order chi connectivity index (χ1) is 11.2. The molecule has 2 unspecified atom stereocenters. The second-order valence-electron chi connectivity index (χ2n) is 6.62. The number of halogens is 2. The van der Waals surface area contributed by atoms with E-state index in [0.29, 0.717) is 11.3 Å². The second kappa shape index (κ2) is 7.44. The molecule has 1 aromatic heterocycles. The van der Waals surface area contributed by atoms with E-state index in [4.69, 9.17) is 0 Å². The Morgan fingerprint density at radius 1 is 1.21 bits per heavy atom. The fourth-order valence-corrected chi connectivity index (χ4v) is 3.04. The van der Waals surface area contributed by atoms with Crippen LogP contribution in [-0.4, -0.2) is 18.9 Å². The smallest absolute Gasteiger partial charge is 0.126 e. The van der Waals surface area contributed by atoms with Crippen LogP contribution in [0.2, 0.25) is 0 Å². The molecule has 130 valence electrons. The van der Waals surface area contributed by atoms with E-state index < -0.39 is 33.4 Å². The molecule has 2 atom stereocenters. The van der Waals surface area contributed by atoms with Crippen LogP contribution in [0.5, 0.6) is 0 Å². The fourth-order valence-electron chi connectivity index (χ4n) is 2.24. The van der Waals surface area contributed by atoms with Crippen molar-refractivity contribution in [3.63, 3.8) is 0 Å². The van der Waals surface area contributed by atoms with Crippen molar-refractivity contribution in [1.29, 1.82) is 0 Å². The number of benzene rings is 1. The number of hydrogen-bond donors (Lipinski definition) is 1. The van der Waals surface area contributed by atoms with Crippen LogP contribution in [0.15, 0.2) is 30.7 Å². The lowest BCUT2D eigenvalue weighted by Gasteiger charge is -2.25. The molecule has 24 heavy (non-hydrogen) atoms. The van der Waals surface area contributed by atoms with Crippen molar-refractivity contribution in [3.8, 4) is 0 Å². The van der Waals surface area contributed by atoms with Crippen LogP contribution in [0.25, 0.3) is 0 Å². The van der Waals surface area contributed by atoms with E-state index in [2.05, 4.69) is 14.7 Å². The summed E-state index contributed by atoms with van der Waals surface area (Å²) in [5.74, 6) is -1.28. The van der Waals surface area contributed by atoms with E-state index in [-0.39, 0.29) is 6.42 Å². The highest BCUT2D eigenvalue weighted by molar-refractivity contribution is 7.84. The number of aromatic nitrogens is 2. The Hall–Kier alpha value is -1.73. The first-order valence-electron chi connectivity index (χ1n) is 7.56. The van der Waals surface area contributed by atoms with Gasteiger partial charge in [-0.3, -0.25) is 0 Å². The average molecular weight is 353 g/mol. The summed E-state index contributed by atoms with van der Waals surface area (Å²) >= 11 is 0. The number of aryl methyl sites for hydroxylation is 1. The van der Waals surface area contributed by atoms with Crippen LogP contribution < -0.4 is 4.72 Å². The van der Waals surface area contributed by atoms with Crippen LogP contribution in [0.3, 0.4) is 0 Å². The minimum atomic E-state index is -1.36. The Morgan fingerprint density at radius 3 is 2.38 bits per heavy atom. The molecule has 0 fully saturated rings. The van der Waals surface area contributed by atoms with Gasteiger partial charge in [-0.15, -0.1) is 0 Å². The van der Waals surface area contributed by atoms with E-state index in [1.54, 1.807) is 6.20 Å². The summed E-state index contributed by atoms with van der Waals surface area (Å²) in [6.45, 7) is 7.39. The standard InChI is InChI=1S/C17H21F2N3OS/c1-11-9-20-10-21-16(11)15(22-24(23)17(2,3)4)7-12-5-13(18)8-14(19)6-12/h5-6,8-10,15,22H,7H2,1-4H3. The lowest BCUT2D eigenvalue weighted by Crippen LogP contribution is -2.37. The molecule has 0 aliphatic rings. The third kappa shape index (κ3) is 4.88. The van der Waals surface area contributed by atoms with Gasteiger partial charge < -0.3 is 0 Å². The summed E-state index contributed by atoms with van der Waals surface area (Å²) in [6.07, 6.45) is 3.32. The topological polar surface area (TPSA) is 54.9 Å². The molecule has 4 nitrogen and oxygen atoms in total. The van der Waals surface area contributed by atoms with Crippen molar-refractivity contribution in [2.45, 2.75) is 44.9 Å². The zero-order chi connectivity index (χ0) is 17.9. The molecule has 0 radical (unpaired) electrons. The van der Waals surface area contributed by atoms with Gasteiger partial charge in [-0.2, -0.15) is 0 Å². The van der Waals surface area contributed by atoms with Gasteiger partial charge in [0.05, 0.1) is 27.5 Å². The Bertz CT molecular complexity index is 727. The van der Waals surface area contributed by atoms with Crippen LogP contribution in [0.1, 0.15) is 43.6 Å². The van der Waals surface area contributed by atoms with Crippen molar-refractivity contribution in [2.75, 3.05) is 0 Å². The highest BCUT2D eigenvalue weighted by atomic mass is 32.2. The summed E-state index contributed by atoms with van der Waals surface area (Å²) in [5.41, 5.74) is 1.94. The van der Waals surface area contributed by atoms with Gasteiger partial charge in [0.15, 0.2) is 0 Å². The van der Waals surface area contributed by atoms with Crippen LogP contribution in [0.4, 0.5) is 8.78 Å². The normalized spacial score (nSPS) is 14.4. The predicted octanol–water partition coefficient (Wildman–Crippen LogP) is 3.40. The quantitative estimate of drug-likeness (QED) is 0.896. The van der Waals surface area contributed by atoms with Gasteiger partial charge in [-0.05, 0) is 57.4 Å². The predicted molar refractivity (Wildman–Crippen MR) is 90.6 cm³/mol. The van der Waals surface area contributed by atoms with E-state index in [1.807, 2.05) is 27.7 Å². The van der Waals surface area contributed by atoms with E-state index in [1.165, 1.54) is 18.5 Å². The minimum absolute atomic E-state index is 0.258. The van der Waals surface area contributed by atoms with Crippen LogP contribution >= 0.6 is 0 Å². The lowest BCUT2D eigenvalue weighted by molar-refractivity contribution is 0.564. The molecule has 0 aliphatic carbocycles. The molecule has 1 aromatic carbocycles. The number of rotatable bonds is 5. The molecule has 2 aromatic rings. The Morgan fingerprint density at radius 2 is 1.83 bits per heavy atom. The van der Waals surface area contributed by atoms with E-state index in [0.717, 1.165) is 11.6 Å². The number of nitrogens with one attached hydrogen (secondary N) is 1. The lowest BCUT2D eigenvalue weighted by atomic mass is 10.0. The van der Waals surface area contributed by atoms with Crippen LogP contribution in [-0.2, 0) is 17.4 Å². The number of nitrogens with zero attached hydrogens (tertiary/aromatic N) is 2. The van der Waals surface area contributed by atoms with Gasteiger partial charge in [0.25, 0.3) is 0 Å². The zero-order valence-electron chi connectivity index (χ0n) is 14.1.